The summed E-state index contributed by atoms with van der Waals surface area (Å²) in [5, 5.41) is 0. The Balaban J connectivity index is 0.000000221. The molecular formula is C35H44Cl2Zr-2. The van der Waals surface area contributed by atoms with E-state index in [0.29, 0.717) is 0 Å². The van der Waals surface area contributed by atoms with Crippen LogP contribution in [0.2, 0.25) is 0 Å². The van der Waals surface area contributed by atoms with E-state index in [4.69, 9.17) is 0 Å². The van der Waals surface area contributed by atoms with Crippen LogP contribution in [0.15, 0.2) is 72.8 Å². The molecule has 2 saturated carbocycles. The number of rotatable bonds is 4. The van der Waals surface area contributed by atoms with E-state index in [1.165, 1.54) is 86.5 Å². The van der Waals surface area contributed by atoms with Crippen molar-refractivity contribution >= 4 is 3.21 Å². The number of hydrogen-bond donors (Lipinski definition) is 0. The molecule has 0 N–H and O–H groups in total. The maximum atomic E-state index is 3.30. The average molecular weight is 627 g/mol. The molecule has 0 aliphatic heterocycles. The van der Waals surface area contributed by atoms with Gasteiger partial charge in [0.15, 0.2) is 0 Å². The zero-order valence-electron chi connectivity index (χ0n) is 23.3. The first-order chi connectivity index (χ1) is 17.6. The standard InChI is InChI=1S/C17H30.C13H9.C5H5.2ClH.Zr/c1-14(16-9-5-3-6-10-16)13-15(2)17-11-7-4-8-12-17;1-3-7-12-10(5-1)9-11-6-2-4-8-13(11)12;1-2-4-5-3-1;;;/h14-17H,3-12H2,1-2H3;1-5,7-8H,9H2;1-5H;2*1H;/q;2*-1;;;+2/p-2. The second-order valence-corrected chi connectivity index (χ2v) is 12.6. The van der Waals surface area contributed by atoms with Crippen LogP contribution in [0.4, 0.5) is 0 Å². The molecule has 6 rings (SSSR count). The summed E-state index contributed by atoms with van der Waals surface area (Å²) in [6.07, 6.45) is 16.1. The Kier molecular flexibility index (Phi) is 15.6. The van der Waals surface area contributed by atoms with Crippen LogP contribution in [0, 0.1) is 29.7 Å². The van der Waals surface area contributed by atoms with E-state index < -0.39 is 0 Å². The van der Waals surface area contributed by atoms with E-state index in [1.54, 1.807) is 24.2 Å². The van der Waals surface area contributed by atoms with Gasteiger partial charge in [0.1, 0.15) is 0 Å². The van der Waals surface area contributed by atoms with Crippen LogP contribution in [0.5, 0.6) is 0 Å². The molecular weight excluding hydrogens is 583 g/mol. The largest absolute Gasteiger partial charge is 1.00 e. The van der Waals surface area contributed by atoms with Gasteiger partial charge in [-0.25, -0.2) is 12.1 Å². The molecule has 3 heteroatoms. The fourth-order valence-electron chi connectivity index (χ4n) is 6.51. The summed E-state index contributed by atoms with van der Waals surface area (Å²) in [4.78, 5) is 0. The topological polar surface area (TPSA) is 0 Å². The Hall–Kier alpha value is -0.877. The van der Waals surface area contributed by atoms with Gasteiger partial charge < -0.3 is 24.8 Å². The van der Waals surface area contributed by atoms with Gasteiger partial charge in [0.2, 0.25) is 0 Å². The SMILES string of the molecule is CC([C](=[Zr+2])C(C)C1CCCCC1)C1CCCCC1.[Cl-].[Cl-].[c-]1cccc2c1Cc1ccccc1-2.c1cc[cH-]c1. The van der Waals surface area contributed by atoms with E-state index in [-0.39, 0.29) is 24.8 Å². The maximum absolute atomic E-state index is 3.30. The molecule has 0 saturated heterocycles. The van der Waals surface area contributed by atoms with Gasteiger partial charge in [-0.05, 0) is 6.42 Å². The maximum Gasteiger partial charge on any atom is -0.0253 e. The third-order valence-electron chi connectivity index (χ3n) is 8.87. The quantitative estimate of drug-likeness (QED) is 0.304. The normalized spacial score (nSPS) is 18.0. The van der Waals surface area contributed by atoms with Crippen molar-refractivity contribution in [2.24, 2.45) is 23.7 Å². The zero-order chi connectivity index (χ0) is 25.2. The molecule has 3 aliphatic rings. The molecule has 0 nitrogen and oxygen atoms in total. The van der Waals surface area contributed by atoms with Gasteiger partial charge in [-0.2, -0.15) is 48.0 Å². The summed E-state index contributed by atoms with van der Waals surface area (Å²) in [7, 11) is 0. The Morgan fingerprint density at radius 1 is 0.737 bits per heavy atom. The molecule has 3 aromatic carbocycles. The fourth-order valence-corrected chi connectivity index (χ4v) is 7.67. The second kappa shape index (κ2) is 17.7. The van der Waals surface area contributed by atoms with Crippen LogP contribution in [-0.4, -0.2) is 3.21 Å². The molecule has 0 amide bonds. The first-order valence-corrected chi connectivity index (χ1v) is 15.7. The molecule has 204 valence electrons. The van der Waals surface area contributed by atoms with Gasteiger partial charge in [-0.3, -0.25) is 0 Å². The molecule has 0 heterocycles. The number of benzene rings is 2. The Labute approximate surface area is 259 Å². The third kappa shape index (κ3) is 9.35. The van der Waals surface area contributed by atoms with Gasteiger partial charge in [-0.1, -0.05) is 35.4 Å². The Morgan fingerprint density at radius 3 is 1.79 bits per heavy atom. The summed E-state index contributed by atoms with van der Waals surface area (Å²) in [6, 6.07) is 28.1. The Morgan fingerprint density at radius 2 is 1.26 bits per heavy atom. The fraction of sp³-hybridized carbons (Fsp3) is 0.486. The van der Waals surface area contributed by atoms with E-state index in [0.717, 1.165) is 30.1 Å². The first-order valence-electron chi connectivity index (χ1n) is 14.5. The van der Waals surface area contributed by atoms with Crippen LogP contribution in [0.25, 0.3) is 11.1 Å². The number of halogens is 2. The van der Waals surface area contributed by atoms with Gasteiger partial charge in [0.25, 0.3) is 0 Å². The van der Waals surface area contributed by atoms with E-state index in [2.05, 4.69) is 56.3 Å². The van der Waals surface area contributed by atoms with E-state index in [1.807, 2.05) is 39.6 Å². The zero-order valence-corrected chi connectivity index (χ0v) is 27.2. The third-order valence-corrected chi connectivity index (χ3v) is 11.1. The van der Waals surface area contributed by atoms with E-state index in [9.17, 15) is 0 Å². The molecule has 3 aromatic rings. The van der Waals surface area contributed by atoms with Crippen molar-refractivity contribution in [2.45, 2.75) is 84.5 Å². The molecule has 2 unspecified atom stereocenters. The molecule has 3 aliphatic carbocycles. The van der Waals surface area contributed by atoms with Crippen molar-refractivity contribution in [2.75, 3.05) is 0 Å². The summed E-state index contributed by atoms with van der Waals surface area (Å²) < 4.78 is 1.92. The molecule has 0 bridgehead atoms. The van der Waals surface area contributed by atoms with E-state index >= 15 is 0 Å². The van der Waals surface area contributed by atoms with Gasteiger partial charge in [0, 0.05) is 0 Å². The van der Waals surface area contributed by atoms with Crippen molar-refractivity contribution in [1.82, 2.24) is 0 Å². The molecule has 0 aromatic heterocycles. The van der Waals surface area contributed by atoms with Crippen LogP contribution < -0.4 is 24.8 Å². The van der Waals surface area contributed by atoms with Crippen LogP contribution in [-0.2, 0) is 30.7 Å². The Bertz CT molecular complexity index is 959. The molecule has 0 spiro atoms. The van der Waals surface area contributed by atoms with Crippen molar-refractivity contribution in [3.63, 3.8) is 0 Å². The first kappa shape index (κ1) is 33.3. The molecule has 0 radical (unpaired) electrons. The predicted molar refractivity (Wildman–Crippen MR) is 152 cm³/mol. The average Bonchev–Trinajstić information content (AvgIpc) is 3.65. The minimum Gasteiger partial charge on any atom is -1.00 e. The van der Waals surface area contributed by atoms with Crippen molar-refractivity contribution in [3.8, 4) is 11.1 Å². The summed E-state index contributed by atoms with van der Waals surface area (Å²) in [5.74, 6) is 3.89. The molecule has 2 fully saturated rings. The van der Waals surface area contributed by atoms with Crippen molar-refractivity contribution in [3.05, 3.63) is 90.0 Å². The summed E-state index contributed by atoms with van der Waals surface area (Å²) in [5.41, 5.74) is 5.51. The minimum absolute atomic E-state index is 0. The smallest absolute Gasteiger partial charge is 0.0253 e. The molecule has 2 atom stereocenters. The van der Waals surface area contributed by atoms with Crippen LogP contribution in [0.3, 0.4) is 0 Å². The molecule has 38 heavy (non-hydrogen) atoms. The van der Waals surface area contributed by atoms with Gasteiger partial charge >= 0.3 is 129 Å². The number of fused-ring (bicyclic) bond motifs is 3. The minimum atomic E-state index is 0. The monoisotopic (exact) mass is 624 g/mol. The van der Waals surface area contributed by atoms with Crippen molar-refractivity contribution in [1.29, 1.82) is 0 Å². The van der Waals surface area contributed by atoms with Crippen LogP contribution in [0.1, 0.15) is 89.2 Å². The second-order valence-electron chi connectivity index (χ2n) is 11.2. The van der Waals surface area contributed by atoms with Gasteiger partial charge in [0.05, 0.1) is 0 Å². The van der Waals surface area contributed by atoms with Crippen molar-refractivity contribution < 1.29 is 49.0 Å². The van der Waals surface area contributed by atoms with Gasteiger partial charge in [-0.15, -0.1) is 5.56 Å². The summed E-state index contributed by atoms with van der Waals surface area (Å²) >= 11 is 1.74. The van der Waals surface area contributed by atoms with Crippen LogP contribution >= 0.6 is 0 Å². The predicted octanol–water partition coefficient (Wildman–Crippen LogP) is 3.61. The summed E-state index contributed by atoms with van der Waals surface area (Å²) in [6.45, 7) is 5.08. The number of hydrogen-bond acceptors (Lipinski definition) is 0.